The normalized spacial score (nSPS) is 12.7. The molecule has 0 atom stereocenters. The number of hydrogen-bond acceptors (Lipinski definition) is 21. The smallest absolute Gasteiger partial charge is 0.184 e. The second-order valence-corrected chi connectivity index (χ2v) is 52.6. The molecule has 0 amide bonds. The van der Waals surface area contributed by atoms with Crippen molar-refractivity contribution >= 4 is 68.9 Å². The van der Waals surface area contributed by atoms with Gasteiger partial charge in [-0.3, -0.25) is 0 Å². The summed E-state index contributed by atoms with van der Waals surface area (Å²) in [4.78, 5) is 2.22. The summed E-state index contributed by atoms with van der Waals surface area (Å²) in [5.41, 5.74) is 0. The second kappa shape index (κ2) is 69.6. The van der Waals surface area contributed by atoms with E-state index in [0.29, 0.717) is 84.2 Å². The number of ether oxygens (including phenoxy) is 6. The number of phenols is 1. The van der Waals surface area contributed by atoms with Crippen molar-refractivity contribution in [2.24, 2.45) is 17.8 Å². The number of rotatable bonds is 29. The van der Waals surface area contributed by atoms with Gasteiger partial charge >= 0.3 is 0 Å². The van der Waals surface area contributed by atoms with Gasteiger partial charge in [0.1, 0.15) is 50.0 Å². The van der Waals surface area contributed by atoms with Crippen molar-refractivity contribution in [3.8, 4) is 40.2 Å². The van der Waals surface area contributed by atoms with Crippen LogP contribution in [-0.2, 0) is 68.9 Å². The third-order valence-electron chi connectivity index (χ3n) is 17.0. The zero-order valence-corrected chi connectivity index (χ0v) is 93.2. The lowest BCUT2D eigenvalue weighted by atomic mass is 10.3. The van der Waals surface area contributed by atoms with E-state index in [1.54, 1.807) is 230 Å². The van der Waals surface area contributed by atoms with Crippen LogP contribution in [0.3, 0.4) is 0 Å². The molecule has 3 aliphatic rings. The zero-order chi connectivity index (χ0) is 103. The first-order valence-electron chi connectivity index (χ1n) is 47.8. The third-order valence-corrected chi connectivity index (χ3v) is 32.2. The Labute approximate surface area is 811 Å². The Morgan fingerprint density at radius 2 is 0.474 bits per heavy atom. The highest BCUT2D eigenvalue weighted by Gasteiger charge is 2.30. The van der Waals surface area contributed by atoms with Crippen molar-refractivity contribution in [2.45, 2.75) is 408 Å². The molecule has 1 N–H and O–H groups in total. The minimum absolute atomic E-state index is 0.0384. The van der Waals surface area contributed by atoms with Crippen LogP contribution in [0.1, 0.15) is 319 Å². The quantitative estimate of drug-likeness (QED) is 0.0455. The average Bonchev–Trinajstić information content (AvgIpc) is 1.28. The van der Waals surface area contributed by atoms with Crippen LogP contribution >= 0.6 is 0 Å². The largest absolute Gasteiger partial charge is 0.508 e. The summed E-state index contributed by atoms with van der Waals surface area (Å²) in [6.45, 7) is 66.7. The molecule has 3 aliphatic carbocycles. The van der Waals surface area contributed by atoms with Crippen LogP contribution in [-0.4, -0.2) is 139 Å². The van der Waals surface area contributed by atoms with E-state index in [1.807, 2.05) is 53.7 Å². The van der Waals surface area contributed by atoms with Crippen LogP contribution in [0.5, 0.6) is 40.2 Å². The van der Waals surface area contributed by atoms with Crippen molar-refractivity contribution < 1.29 is 92.5 Å². The van der Waals surface area contributed by atoms with Gasteiger partial charge in [0.15, 0.2) is 68.9 Å². The van der Waals surface area contributed by atoms with Gasteiger partial charge in [-0.1, -0.05) is 178 Å². The Balaban J connectivity index is -0.000000704. The van der Waals surface area contributed by atoms with Gasteiger partial charge in [0.05, 0.1) is 99.4 Å². The van der Waals surface area contributed by atoms with Crippen molar-refractivity contribution in [3.05, 3.63) is 170 Å². The summed E-state index contributed by atoms with van der Waals surface area (Å²) in [5, 5.41) is 6.07. The van der Waals surface area contributed by atoms with E-state index >= 15 is 0 Å². The number of hydrogen-bond donors (Lipinski definition) is 1. The summed E-state index contributed by atoms with van der Waals surface area (Å²) in [6.07, 6.45) is 16.2. The van der Waals surface area contributed by atoms with E-state index in [4.69, 9.17) is 33.5 Å². The molecule has 0 bridgehead atoms. The molecule has 133 heavy (non-hydrogen) atoms. The number of sulfone groups is 7. The molecule has 0 saturated heterocycles. The molecule has 0 heterocycles. The number of benzene rings is 7. The molecule has 0 spiro atoms. The highest BCUT2D eigenvalue weighted by Crippen LogP contribution is 2.35. The minimum Gasteiger partial charge on any atom is -0.508 e. The van der Waals surface area contributed by atoms with Crippen LogP contribution < -0.4 is 28.4 Å². The van der Waals surface area contributed by atoms with Crippen molar-refractivity contribution in [2.75, 3.05) is 19.8 Å². The SMILES string of the molecule is CC(C)Oc1ccc(S(=O)(=O)C(C)C)cc1.CC(C)Oc1cccc(S(=O)(=O)C(C)C)c1.CC(C)Oc1ccccc1S(=O)(=O)C(C)C.CC(C)S(=O)(=O)c1ccc(O)cc1.CC(C)S(=O)(=O)c1ccc(OCC2CC2)cc1.CC(C)S(=O)(=O)c1cccc(OCC2CC2)c1.CC(C)S(=O)(=O)c1ccccc1OCC1CC1.CCC.CCC.CCC.CCC.CCC.CCC.CCC. The fraction of sp³-hybridized carbons (Fsp3) is 0.600. The van der Waals surface area contributed by atoms with Gasteiger partial charge in [0.2, 0.25) is 0 Å². The Bertz CT molecular complexity index is 5020. The predicted octanol–water partition coefficient (Wildman–Crippen LogP) is 27.4. The molecule has 10 rings (SSSR count). The highest BCUT2D eigenvalue weighted by atomic mass is 32.2. The van der Waals surface area contributed by atoms with E-state index in [2.05, 4.69) is 96.9 Å². The summed E-state index contributed by atoms with van der Waals surface area (Å²) in [7, 11) is -22.5. The molecule has 3 saturated carbocycles. The maximum absolute atomic E-state index is 12.1. The van der Waals surface area contributed by atoms with Crippen LogP contribution in [0, 0.1) is 17.8 Å². The summed E-state index contributed by atoms with van der Waals surface area (Å²) in [5.74, 6) is 5.67. The maximum atomic E-state index is 12.1. The Hall–Kier alpha value is -7.21. The highest BCUT2D eigenvalue weighted by molar-refractivity contribution is 7.93. The van der Waals surface area contributed by atoms with Crippen molar-refractivity contribution in [1.29, 1.82) is 0 Å². The van der Waals surface area contributed by atoms with Gasteiger partial charge in [-0.2, -0.15) is 0 Å². The molecule has 28 heteroatoms. The Morgan fingerprint density at radius 1 is 0.241 bits per heavy atom. The first-order valence-corrected chi connectivity index (χ1v) is 58.6. The first kappa shape index (κ1) is 132. The average molecular weight is 2000 g/mol. The van der Waals surface area contributed by atoms with E-state index in [1.165, 1.54) is 108 Å². The molecular weight excluding hydrogens is 1820 g/mol. The molecule has 3 fully saturated rings. The number of aromatic hydroxyl groups is 1. The van der Waals surface area contributed by atoms with Crippen molar-refractivity contribution in [3.63, 3.8) is 0 Å². The van der Waals surface area contributed by atoms with Gasteiger partial charge in [-0.05, 0) is 328 Å². The summed E-state index contributed by atoms with van der Waals surface area (Å²) in [6, 6.07) is 45.9. The molecular formula is C105H176O21S7. The zero-order valence-electron chi connectivity index (χ0n) is 87.5. The number of phenolic OH excluding ortho intramolecular Hbond substituents is 1. The monoisotopic (exact) mass is 2000 g/mol. The van der Waals surface area contributed by atoms with Gasteiger partial charge in [-0.25, -0.2) is 58.9 Å². The van der Waals surface area contributed by atoms with Gasteiger partial charge < -0.3 is 33.5 Å². The molecule has 0 unspecified atom stereocenters. The van der Waals surface area contributed by atoms with Crippen LogP contribution in [0.15, 0.2) is 204 Å². The predicted molar refractivity (Wildman–Crippen MR) is 557 cm³/mol. The fourth-order valence-electron chi connectivity index (χ4n) is 9.28. The van der Waals surface area contributed by atoms with Gasteiger partial charge in [-0.15, -0.1) is 0 Å². The molecule has 0 aromatic heterocycles. The fourth-order valence-corrected chi connectivity index (χ4v) is 17.0. The maximum Gasteiger partial charge on any atom is 0.184 e. The lowest BCUT2D eigenvalue weighted by Crippen LogP contribution is -2.16. The van der Waals surface area contributed by atoms with Crippen molar-refractivity contribution in [1.82, 2.24) is 0 Å². The van der Waals surface area contributed by atoms with Crippen LogP contribution in [0.25, 0.3) is 0 Å². The lowest BCUT2D eigenvalue weighted by molar-refractivity contribution is 0.236. The topological polar surface area (TPSA) is 315 Å². The second-order valence-electron chi connectivity index (χ2n) is 35.1. The summed E-state index contributed by atoms with van der Waals surface area (Å²) >= 11 is 0. The minimum atomic E-state index is -3.28. The Morgan fingerprint density at radius 3 is 0.767 bits per heavy atom. The molecule has 21 nitrogen and oxygen atoms in total. The van der Waals surface area contributed by atoms with E-state index < -0.39 is 100 Å². The molecule has 0 aliphatic heterocycles. The number of para-hydroxylation sites is 2. The molecule has 764 valence electrons. The third kappa shape index (κ3) is 55.1. The molecule has 7 aromatic rings. The summed E-state index contributed by atoms with van der Waals surface area (Å²) < 4.78 is 200. The standard InChI is InChI=1S/3C13H18O3S.3C12H18O3S.C9H12O3S.7C3H8/c1-10(2)17(14,15)13-7-5-12(6-8-13)16-9-11-3-4-11;1-10(2)17(14,15)13-5-3-4-12(8-13)16-9-11-6-7-11;1-10(2)17(14,15)13-6-4-3-5-12(13)16-9-11-7-8-11;1-9(2)15-11-5-7-12(8-6-11)16(13,14)10(3)4;1-9(2)15-11-6-5-7-12(8-11)16(13,14)10(3)4;1-9(2)15-11-7-5-6-8-12(11)16(13,14)10(3)4;1-7(2)13(11,12)9-5-3-8(10)4-6-9;7*1-3-2/h5-8,10-11H,3-4,9H2,1-2H3;3-5,8,10-11H,6-7,9H2,1-2H3;3-6,10-11H,7-9H2,1-2H3;3*5-10H,1-4H3;3-7,10H,1-2H3;7*3H2,1-2H3. The molecule has 7 aromatic carbocycles. The van der Waals surface area contributed by atoms with Crippen LogP contribution in [0.4, 0.5) is 0 Å². The van der Waals surface area contributed by atoms with E-state index in [0.717, 1.165) is 12.4 Å². The first-order chi connectivity index (χ1) is 61.9. The van der Waals surface area contributed by atoms with Crippen LogP contribution in [0.2, 0.25) is 0 Å². The Kier molecular flexibility index (Phi) is 69.1. The van der Waals surface area contributed by atoms with Gasteiger partial charge in [0.25, 0.3) is 0 Å². The molecule has 0 radical (unpaired) electrons. The van der Waals surface area contributed by atoms with Gasteiger partial charge in [0, 0.05) is 0 Å². The van der Waals surface area contributed by atoms with E-state index in [9.17, 15) is 58.9 Å². The lowest BCUT2D eigenvalue weighted by Gasteiger charge is -2.15. The van der Waals surface area contributed by atoms with E-state index in [-0.39, 0.29) is 39.1 Å².